The molecule has 25 heavy (non-hydrogen) atoms. The Balaban J connectivity index is 1.78. The lowest BCUT2D eigenvalue weighted by molar-refractivity contribution is -0.130. The molecule has 0 N–H and O–H groups in total. The first-order valence-electron chi connectivity index (χ1n) is 9.24. The van der Waals surface area contributed by atoms with Crippen molar-refractivity contribution in [3.05, 3.63) is 12.7 Å². The topological polar surface area (TPSA) is 64.2 Å². The summed E-state index contributed by atoms with van der Waals surface area (Å²) < 4.78 is 29.2. The lowest BCUT2D eigenvalue weighted by Crippen LogP contribution is -2.63. The molecule has 0 unspecified atom stereocenters. The van der Waals surface area contributed by atoms with Crippen LogP contribution in [0.4, 0.5) is 0 Å². The molecule has 3 aliphatic heterocycles. The van der Waals surface area contributed by atoms with Gasteiger partial charge in [-0.1, -0.05) is 6.08 Å². The molecule has 8 heteroatoms. The van der Waals surface area contributed by atoms with E-state index >= 15 is 0 Å². The molecule has 1 amide bonds. The van der Waals surface area contributed by atoms with Crippen molar-refractivity contribution >= 4 is 16.1 Å². The quantitative estimate of drug-likeness (QED) is 0.677. The number of likely N-dealkylation sites (tertiary alicyclic amines) is 1. The van der Waals surface area contributed by atoms with Gasteiger partial charge >= 0.3 is 0 Å². The van der Waals surface area contributed by atoms with Crippen LogP contribution in [0.1, 0.15) is 32.1 Å². The molecule has 7 nitrogen and oxygen atoms in total. The number of nitrogens with zero attached hydrogens (tertiary/aromatic N) is 4. The van der Waals surface area contributed by atoms with Crippen LogP contribution < -0.4 is 0 Å². The average Bonchev–Trinajstić information content (AvgIpc) is 3.09. The summed E-state index contributed by atoms with van der Waals surface area (Å²) in [6, 6.07) is 0. The fraction of sp³-hybridized carbons (Fsp3) is 0.824. The summed E-state index contributed by atoms with van der Waals surface area (Å²) in [5, 5.41) is 0. The Bertz CT molecular complexity index is 617. The third kappa shape index (κ3) is 3.63. The molecule has 0 aromatic carbocycles. The minimum atomic E-state index is -3.38. The second-order valence-electron chi connectivity index (χ2n) is 7.47. The van der Waals surface area contributed by atoms with E-state index in [9.17, 15) is 13.2 Å². The van der Waals surface area contributed by atoms with Crippen LogP contribution in [-0.2, 0) is 15.0 Å². The van der Waals surface area contributed by atoms with E-state index in [-0.39, 0.29) is 11.4 Å². The Labute approximate surface area is 151 Å². The lowest BCUT2D eigenvalue weighted by atomic mass is 9.87. The number of likely N-dealkylation sites (N-methyl/N-ethyl adjacent to an activating group) is 1. The third-order valence-electron chi connectivity index (χ3n) is 6.04. The summed E-state index contributed by atoms with van der Waals surface area (Å²) in [4.78, 5) is 16.5. The smallest absolute Gasteiger partial charge is 0.282 e. The van der Waals surface area contributed by atoms with E-state index in [1.54, 1.807) is 14.7 Å². The zero-order valence-electron chi connectivity index (χ0n) is 15.2. The van der Waals surface area contributed by atoms with Crippen LogP contribution in [0.5, 0.6) is 0 Å². The van der Waals surface area contributed by atoms with Gasteiger partial charge in [0.15, 0.2) is 0 Å². The Morgan fingerprint density at radius 1 is 1.08 bits per heavy atom. The van der Waals surface area contributed by atoms with Gasteiger partial charge in [0, 0.05) is 57.8 Å². The number of hydrogen-bond acceptors (Lipinski definition) is 4. The van der Waals surface area contributed by atoms with Gasteiger partial charge in [0.05, 0.1) is 0 Å². The second kappa shape index (κ2) is 7.34. The summed E-state index contributed by atoms with van der Waals surface area (Å²) in [6.45, 7) is 7.94. The van der Waals surface area contributed by atoms with Crippen molar-refractivity contribution in [2.45, 2.75) is 37.6 Å². The van der Waals surface area contributed by atoms with Gasteiger partial charge in [-0.25, -0.2) is 0 Å². The van der Waals surface area contributed by atoms with E-state index < -0.39 is 10.2 Å². The van der Waals surface area contributed by atoms with Crippen LogP contribution in [0.2, 0.25) is 0 Å². The van der Waals surface area contributed by atoms with E-state index in [1.165, 1.54) is 0 Å². The van der Waals surface area contributed by atoms with Crippen LogP contribution in [0.15, 0.2) is 12.7 Å². The van der Waals surface area contributed by atoms with Gasteiger partial charge < -0.3 is 4.90 Å². The molecule has 0 aliphatic carbocycles. The average molecular weight is 371 g/mol. The molecule has 1 atom stereocenters. The number of hydrogen-bond donors (Lipinski definition) is 0. The highest BCUT2D eigenvalue weighted by Crippen LogP contribution is 2.34. The van der Waals surface area contributed by atoms with Crippen LogP contribution in [-0.4, -0.2) is 91.1 Å². The fourth-order valence-corrected chi connectivity index (χ4v) is 6.05. The summed E-state index contributed by atoms with van der Waals surface area (Å²) in [5.74, 6) is 0.143. The van der Waals surface area contributed by atoms with Crippen LogP contribution in [0.25, 0.3) is 0 Å². The van der Waals surface area contributed by atoms with Crippen LogP contribution in [0, 0.1) is 0 Å². The van der Waals surface area contributed by atoms with Gasteiger partial charge in [-0.15, -0.1) is 6.58 Å². The highest BCUT2D eigenvalue weighted by atomic mass is 32.2. The molecule has 3 rings (SSSR count). The molecule has 3 heterocycles. The maximum Gasteiger partial charge on any atom is 0.282 e. The Kier molecular flexibility index (Phi) is 5.53. The van der Waals surface area contributed by atoms with E-state index in [2.05, 4.69) is 18.5 Å². The molecule has 0 radical (unpaired) electrons. The zero-order chi connectivity index (χ0) is 18.1. The van der Waals surface area contributed by atoms with Gasteiger partial charge in [0.2, 0.25) is 5.91 Å². The standard InChI is InChI=1S/C17H30N4O3S/c1-3-9-19-12-8-17(7-6-16(19)22)15-21(14-13-18(17)2)25(23,24)20-10-4-5-11-20/h3H,1,4-15H2,2H3/t17-/m0/s1. The highest BCUT2D eigenvalue weighted by molar-refractivity contribution is 7.86. The first-order valence-corrected chi connectivity index (χ1v) is 10.6. The number of amides is 1. The maximum atomic E-state index is 13.0. The molecule has 0 aromatic heterocycles. The third-order valence-corrected chi connectivity index (χ3v) is 8.02. The van der Waals surface area contributed by atoms with Crippen LogP contribution >= 0.6 is 0 Å². The summed E-state index contributed by atoms with van der Waals surface area (Å²) in [6.07, 6.45) is 5.63. The van der Waals surface area contributed by atoms with Crippen LogP contribution in [0.3, 0.4) is 0 Å². The van der Waals surface area contributed by atoms with E-state index in [4.69, 9.17) is 0 Å². The first-order chi connectivity index (χ1) is 11.9. The molecule has 3 fully saturated rings. The molecule has 3 aliphatic rings. The normalized spacial score (nSPS) is 30.8. The van der Waals surface area contributed by atoms with Crippen molar-refractivity contribution < 1.29 is 13.2 Å². The molecule has 3 saturated heterocycles. The molecule has 1 spiro atoms. The summed E-state index contributed by atoms with van der Waals surface area (Å²) in [5.41, 5.74) is -0.253. The number of carbonyl (C=O) groups excluding carboxylic acids is 1. The van der Waals surface area contributed by atoms with Crippen molar-refractivity contribution in [2.75, 3.05) is 52.9 Å². The van der Waals surface area contributed by atoms with E-state index in [0.29, 0.717) is 58.7 Å². The van der Waals surface area contributed by atoms with E-state index in [0.717, 1.165) is 19.3 Å². The zero-order valence-corrected chi connectivity index (χ0v) is 16.0. The van der Waals surface area contributed by atoms with Gasteiger partial charge in [0.25, 0.3) is 10.2 Å². The highest BCUT2D eigenvalue weighted by Gasteiger charge is 2.46. The maximum absolute atomic E-state index is 13.0. The Morgan fingerprint density at radius 2 is 1.80 bits per heavy atom. The monoisotopic (exact) mass is 370 g/mol. The number of carbonyl (C=O) groups is 1. The SMILES string of the molecule is C=CCN1CC[C@@]2(CCC1=O)CN(S(=O)(=O)N1CCCC1)CCN2C. The fourth-order valence-electron chi connectivity index (χ4n) is 4.29. The van der Waals surface area contributed by atoms with Crippen molar-refractivity contribution in [1.29, 1.82) is 0 Å². The van der Waals surface area contributed by atoms with Gasteiger partial charge in [-0.05, 0) is 32.7 Å². The van der Waals surface area contributed by atoms with E-state index in [1.807, 2.05) is 4.90 Å². The Morgan fingerprint density at radius 3 is 2.48 bits per heavy atom. The van der Waals surface area contributed by atoms with Crippen molar-refractivity contribution in [2.24, 2.45) is 0 Å². The molecule has 142 valence electrons. The molecular weight excluding hydrogens is 340 g/mol. The van der Waals surface area contributed by atoms with Gasteiger partial charge in [-0.3, -0.25) is 9.69 Å². The molecule has 0 bridgehead atoms. The minimum absolute atomic E-state index is 0.143. The van der Waals surface area contributed by atoms with Crippen molar-refractivity contribution in [3.63, 3.8) is 0 Å². The molecule has 0 saturated carbocycles. The minimum Gasteiger partial charge on any atom is -0.339 e. The first kappa shape index (κ1) is 18.8. The van der Waals surface area contributed by atoms with Gasteiger partial charge in [-0.2, -0.15) is 17.0 Å². The van der Waals surface area contributed by atoms with Crippen molar-refractivity contribution in [1.82, 2.24) is 18.4 Å². The van der Waals surface area contributed by atoms with Crippen molar-refractivity contribution in [3.8, 4) is 0 Å². The summed E-state index contributed by atoms with van der Waals surface area (Å²) in [7, 11) is -1.32. The Hall–Kier alpha value is -0.960. The number of piperazine rings is 1. The second-order valence-corrected chi connectivity index (χ2v) is 9.40. The largest absolute Gasteiger partial charge is 0.339 e. The molecular formula is C17H30N4O3S. The predicted molar refractivity (Wildman–Crippen MR) is 97.3 cm³/mol. The van der Waals surface area contributed by atoms with Gasteiger partial charge in [0.1, 0.15) is 0 Å². The number of rotatable bonds is 4. The predicted octanol–water partition coefficient (Wildman–Crippen LogP) is 0.512. The summed E-state index contributed by atoms with van der Waals surface area (Å²) >= 11 is 0. The lowest BCUT2D eigenvalue weighted by Gasteiger charge is -2.49. The molecule has 0 aromatic rings.